The van der Waals surface area contributed by atoms with Gasteiger partial charge < -0.3 is 20.9 Å². The molecule has 44 heavy (non-hydrogen) atoms. The van der Waals surface area contributed by atoms with Gasteiger partial charge in [-0.15, -0.1) is 0 Å². The van der Waals surface area contributed by atoms with Crippen LogP contribution in [0, 0.1) is 22.6 Å². The van der Waals surface area contributed by atoms with Crippen LogP contribution in [0.1, 0.15) is 51.2 Å². The number of rotatable bonds is 8. The summed E-state index contributed by atoms with van der Waals surface area (Å²) in [5, 5.41) is 17.0. The Balaban J connectivity index is 1.59. The van der Waals surface area contributed by atoms with Crippen molar-refractivity contribution in [3.63, 3.8) is 0 Å². The number of nitriles is 1. The minimum Gasteiger partial charge on any atom is -0.342 e. The fourth-order valence-electron chi connectivity index (χ4n) is 5.74. The van der Waals surface area contributed by atoms with Gasteiger partial charge in [0.25, 0.3) is 0 Å². The number of amides is 4. The van der Waals surface area contributed by atoms with Gasteiger partial charge in [0.15, 0.2) is 0 Å². The Labute approximate surface area is 252 Å². The number of anilines is 1. The van der Waals surface area contributed by atoms with Crippen molar-refractivity contribution in [3.05, 3.63) is 65.5 Å². The second-order valence-electron chi connectivity index (χ2n) is 12.4. The highest BCUT2D eigenvalue weighted by Crippen LogP contribution is 2.46. The first-order chi connectivity index (χ1) is 20.5. The molecule has 2 aliphatic heterocycles. The summed E-state index contributed by atoms with van der Waals surface area (Å²) in [7, 11) is 0. The average molecular weight is 616 g/mol. The number of benzene rings is 2. The second-order valence-corrected chi connectivity index (χ2v) is 12.4. The molecule has 234 valence electrons. The van der Waals surface area contributed by atoms with E-state index in [9.17, 15) is 42.0 Å². The van der Waals surface area contributed by atoms with Gasteiger partial charge in [0.05, 0.1) is 11.5 Å². The third kappa shape index (κ3) is 7.01. The fraction of sp³-hybridized carbons (Fsp3) is 0.452. The molecule has 1 saturated heterocycles. The molecule has 0 aromatic heterocycles. The molecule has 4 atom stereocenters. The van der Waals surface area contributed by atoms with Crippen LogP contribution in [0.25, 0.3) is 0 Å². The first-order valence-corrected chi connectivity index (χ1v) is 14.1. The van der Waals surface area contributed by atoms with Gasteiger partial charge in [-0.3, -0.25) is 19.2 Å². The van der Waals surface area contributed by atoms with Gasteiger partial charge in [-0.2, -0.15) is 18.4 Å². The van der Waals surface area contributed by atoms with Crippen molar-refractivity contribution in [3.8, 4) is 6.07 Å². The van der Waals surface area contributed by atoms with Gasteiger partial charge in [0, 0.05) is 18.7 Å². The Bertz CT molecular complexity index is 1480. The van der Waals surface area contributed by atoms with Crippen LogP contribution in [-0.4, -0.2) is 59.4 Å². The molecule has 2 aromatic rings. The summed E-state index contributed by atoms with van der Waals surface area (Å²) >= 11 is 0. The number of aryl methyl sites for hydroxylation is 1. The molecule has 2 aliphatic rings. The van der Waals surface area contributed by atoms with Gasteiger partial charge in [0.1, 0.15) is 23.9 Å². The van der Waals surface area contributed by atoms with Crippen LogP contribution in [0.15, 0.2) is 48.5 Å². The molecule has 2 heterocycles. The summed E-state index contributed by atoms with van der Waals surface area (Å²) in [4.78, 5) is 53.7. The molecule has 0 bridgehead atoms. The third-order valence-electron chi connectivity index (χ3n) is 7.86. The van der Waals surface area contributed by atoms with Gasteiger partial charge >= 0.3 is 12.1 Å². The van der Waals surface area contributed by atoms with Gasteiger partial charge in [-0.25, -0.2) is 4.39 Å². The van der Waals surface area contributed by atoms with Crippen LogP contribution in [-0.2, 0) is 31.0 Å². The molecule has 0 aliphatic carbocycles. The third-order valence-corrected chi connectivity index (χ3v) is 7.86. The summed E-state index contributed by atoms with van der Waals surface area (Å²) in [6.45, 7) is 5.25. The van der Waals surface area contributed by atoms with Crippen molar-refractivity contribution in [1.29, 1.82) is 5.26 Å². The average Bonchev–Trinajstić information content (AvgIpc) is 3.47. The highest BCUT2D eigenvalue weighted by atomic mass is 19.4. The van der Waals surface area contributed by atoms with Crippen LogP contribution in [0.5, 0.6) is 0 Å². The predicted molar refractivity (Wildman–Crippen MR) is 151 cm³/mol. The molecule has 0 unspecified atom stereocenters. The van der Waals surface area contributed by atoms with Gasteiger partial charge in [-0.1, -0.05) is 51.1 Å². The van der Waals surface area contributed by atoms with E-state index in [2.05, 4.69) is 16.7 Å². The molecule has 1 spiro atoms. The zero-order chi connectivity index (χ0) is 32.4. The van der Waals surface area contributed by atoms with Crippen LogP contribution in [0.3, 0.4) is 0 Å². The van der Waals surface area contributed by atoms with Crippen molar-refractivity contribution in [2.75, 3.05) is 11.9 Å². The lowest BCUT2D eigenvalue weighted by Crippen LogP contribution is -2.57. The summed E-state index contributed by atoms with van der Waals surface area (Å²) in [6, 6.07) is 10.2. The molecule has 0 saturated carbocycles. The number of carbonyl (C=O) groups excluding carboxylic acids is 4. The van der Waals surface area contributed by atoms with E-state index >= 15 is 0 Å². The number of para-hydroxylation sites is 1. The molecule has 3 N–H and O–H groups in total. The largest absolute Gasteiger partial charge is 0.471 e. The fourth-order valence-corrected chi connectivity index (χ4v) is 5.74. The first-order valence-electron chi connectivity index (χ1n) is 14.1. The molecule has 4 amide bonds. The number of hydrogen-bond donors (Lipinski definition) is 3. The number of fused-ring (bicyclic) bond motifs is 2. The molecular formula is C31H33F4N5O4. The van der Waals surface area contributed by atoms with Crippen molar-refractivity contribution >= 4 is 29.3 Å². The summed E-state index contributed by atoms with van der Waals surface area (Å²) < 4.78 is 52.8. The number of halogens is 4. The molecule has 4 rings (SSSR count). The van der Waals surface area contributed by atoms with E-state index in [0.717, 1.165) is 12.1 Å². The SMILES string of the molecule is CC(C)(C)C[C@H](NC(=O)[C@H](CCc1ccc(F)cc1)NC(=O)C(F)(F)F)C(=O)N1C[C@]2(C[C@H]1C#N)C(=O)Nc1ccccc12. The highest BCUT2D eigenvalue weighted by molar-refractivity contribution is 6.07. The number of likely N-dealkylation sites (tertiary alicyclic amines) is 1. The van der Waals surface area contributed by atoms with Crippen molar-refractivity contribution < 1.29 is 36.7 Å². The topological polar surface area (TPSA) is 131 Å². The number of nitrogens with zero attached hydrogens (tertiary/aromatic N) is 2. The zero-order valence-electron chi connectivity index (χ0n) is 24.4. The monoisotopic (exact) mass is 615 g/mol. The van der Waals surface area contributed by atoms with E-state index in [4.69, 9.17) is 0 Å². The number of nitrogens with one attached hydrogen (secondary N) is 3. The summed E-state index contributed by atoms with van der Waals surface area (Å²) in [5.41, 5.74) is -0.00722. The minimum atomic E-state index is -5.27. The maximum absolute atomic E-state index is 14.0. The lowest BCUT2D eigenvalue weighted by atomic mass is 9.80. The second kappa shape index (κ2) is 12.3. The Kier molecular flexibility index (Phi) is 9.04. The molecule has 0 radical (unpaired) electrons. The van der Waals surface area contributed by atoms with Crippen LogP contribution < -0.4 is 16.0 Å². The van der Waals surface area contributed by atoms with Crippen LogP contribution >= 0.6 is 0 Å². The normalized spacial score (nSPS) is 20.8. The lowest BCUT2D eigenvalue weighted by molar-refractivity contribution is -0.174. The lowest BCUT2D eigenvalue weighted by Gasteiger charge is -2.32. The zero-order valence-corrected chi connectivity index (χ0v) is 24.4. The maximum Gasteiger partial charge on any atom is 0.471 e. The Hall–Kier alpha value is -4.47. The molecule has 1 fully saturated rings. The Morgan fingerprint density at radius 1 is 1.07 bits per heavy atom. The number of hydrogen-bond acceptors (Lipinski definition) is 5. The van der Waals surface area contributed by atoms with E-state index < -0.39 is 58.7 Å². The van der Waals surface area contributed by atoms with Crippen molar-refractivity contribution in [2.45, 2.75) is 76.2 Å². The predicted octanol–water partition coefficient (Wildman–Crippen LogP) is 3.74. The van der Waals surface area contributed by atoms with E-state index in [1.54, 1.807) is 50.4 Å². The first kappa shape index (κ1) is 32.4. The van der Waals surface area contributed by atoms with Gasteiger partial charge in [0.2, 0.25) is 17.7 Å². The standard InChI is InChI=1S/C31H33F4N5O4/c1-29(2,3)15-24(26(42)40-17-30(14-20(40)16-36)21-6-4-5-7-22(21)38-27(30)43)37-25(41)23(39-28(44)31(33,34)35)13-10-18-8-11-19(32)12-9-18/h4-9,11-12,20,23-24H,10,13-15,17H2,1-3H3,(H,37,41)(H,38,43)(H,39,44)/t20-,23-,24-,30-/m0/s1. The summed E-state index contributed by atoms with van der Waals surface area (Å²) in [5.74, 6) is -4.91. The van der Waals surface area contributed by atoms with E-state index in [-0.39, 0.29) is 38.1 Å². The summed E-state index contributed by atoms with van der Waals surface area (Å²) in [6.07, 6.45) is -5.46. The molecule has 13 heteroatoms. The maximum atomic E-state index is 14.0. The number of alkyl halides is 3. The van der Waals surface area contributed by atoms with Crippen LogP contribution in [0.4, 0.5) is 23.2 Å². The van der Waals surface area contributed by atoms with Crippen LogP contribution in [0.2, 0.25) is 0 Å². The smallest absolute Gasteiger partial charge is 0.342 e. The van der Waals surface area contributed by atoms with E-state index in [0.29, 0.717) is 16.8 Å². The molecule has 9 nitrogen and oxygen atoms in total. The van der Waals surface area contributed by atoms with Crippen molar-refractivity contribution in [2.24, 2.45) is 5.41 Å². The Morgan fingerprint density at radius 2 is 1.73 bits per heavy atom. The molecular weight excluding hydrogens is 582 g/mol. The molecule has 2 aromatic carbocycles. The van der Waals surface area contributed by atoms with Gasteiger partial charge in [-0.05, 0) is 54.0 Å². The van der Waals surface area contributed by atoms with Crippen molar-refractivity contribution in [1.82, 2.24) is 15.5 Å². The van der Waals surface area contributed by atoms with E-state index in [1.807, 2.05) is 0 Å². The Morgan fingerprint density at radius 3 is 2.34 bits per heavy atom. The quantitative estimate of drug-likeness (QED) is 0.390. The minimum absolute atomic E-state index is 0.0219. The van der Waals surface area contributed by atoms with E-state index in [1.165, 1.54) is 17.0 Å². The highest BCUT2D eigenvalue weighted by Gasteiger charge is 2.56. The number of carbonyl (C=O) groups is 4.